The van der Waals surface area contributed by atoms with E-state index in [1.165, 1.54) is 13.2 Å². The van der Waals surface area contributed by atoms with Crippen LogP contribution < -0.4 is 15.4 Å². The van der Waals surface area contributed by atoms with Crippen LogP contribution in [0.5, 0.6) is 5.75 Å². The monoisotopic (exact) mass is 374 g/mol. The lowest BCUT2D eigenvalue weighted by molar-refractivity contribution is -0.119. The van der Waals surface area contributed by atoms with Crippen LogP contribution in [0.4, 0.5) is 9.18 Å². The van der Waals surface area contributed by atoms with E-state index >= 15 is 0 Å². The van der Waals surface area contributed by atoms with E-state index in [0.717, 1.165) is 0 Å². The molecule has 120 valence electrons. The van der Waals surface area contributed by atoms with E-state index in [2.05, 4.69) is 26.6 Å². The number of hydrogen-bond donors (Lipinski definition) is 2. The molecule has 1 aliphatic heterocycles. The van der Waals surface area contributed by atoms with Crippen molar-refractivity contribution >= 4 is 27.9 Å². The first kappa shape index (κ1) is 16.5. The Kier molecular flexibility index (Phi) is 5.59. The van der Waals surface area contributed by atoms with E-state index < -0.39 is 11.9 Å². The lowest BCUT2D eigenvalue weighted by Gasteiger charge is -2.13. The molecule has 2 amide bonds. The van der Waals surface area contributed by atoms with Gasteiger partial charge in [0, 0.05) is 23.5 Å². The number of benzene rings is 1. The Morgan fingerprint density at radius 1 is 1.55 bits per heavy atom. The summed E-state index contributed by atoms with van der Waals surface area (Å²) in [5, 5.41) is 5.26. The second kappa shape index (κ2) is 7.44. The third-order valence-corrected chi connectivity index (χ3v) is 3.72. The minimum Gasteiger partial charge on any atom is -0.496 e. The highest BCUT2D eigenvalue weighted by atomic mass is 79.9. The van der Waals surface area contributed by atoms with Crippen molar-refractivity contribution < 1.29 is 23.5 Å². The molecule has 1 heterocycles. The summed E-state index contributed by atoms with van der Waals surface area (Å²) in [6.07, 6.45) is 0.460. The Labute approximate surface area is 135 Å². The first-order valence-electron chi connectivity index (χ1n) is 6.71. The molecule has 0 radical (unpaired) electrons. The normalized spacial score (nSPS) is 17.0. The van der Waals surface area contributed by atoms with Crippen LogP contribution in [0.15, 0.2) is 16.6 Å². The molecule has 0 saturated carbocycles. The average molecular weight is 375 g/mol. The second-order valence-corrected chi connectivity index (χ2v) is 5.74. The van der Waals surface area contributed by atoms with Crippen molar-refractivity contribution in [2.75, 3.05) is 13.7 Å². The van der Waals surface area contributed by atoms with Gasteiger partial charge in [-0.25, -0.2) is 9.18 Å². The molecule has 0 bridgehead atoms. The summed E-state index contributed by atoms with van der Waals surface area (Å²) in [5.74, 6) is -0.258. The highest BCUT2D eigenvalue weighted by Gasteiger charge is 2.21. The predicted octanol–water partition coefficient (Wildman–Crippen LogP) is 2.10. The van der Waals surface area contributed by atoms with Crippen molar-refractivity contribution in [1.29, 1.82) is 0 Å². The van der Waals surface area contributed by atoms with Crippen LogP contribution in [-0.2, 0) is 16.1 Å². The fourth-order valence-electron chi connectivity index (χ4n) is 2.13. The summed E-state index contributed by atoms with van der Waals surface area (Å²) in [6.45, 7) is 0.0374. The lowest BCUT2D eigenvalue weighted by atomic mass is 10.2. The molecule has 1 atom stereocenters. The Hall–Kier alpha value is -1.83. The molecular formula is C14H16BrFN2O4. The van der Waals surface area contributed by atoms with Crippen molar-refractivity contribution in [2.45, 2.75) is 25.5 Å². The largest absolute Gasteiger partial charge is 0.496 e. The van der Waals surface area contributed by atoms with Crippen molar-refractivity contribution in [2.24, 2.45) is 0 Å². The fourth-order valence-corrected chi connectivity index (χ4v) is 2.54. The van der Waals surface area contributed by atoms with Gasteiger partial charge < -0.3 is 20.1 Å². The Morgan fingerprint density at radius 2 is 2.32 bits per heavy atom. The average Bonchev–Trinajstić information content (AvgIpc) is 2.89. The van der Waals surface area contributed by atoms with Gasteiger partial charge in [-0.05, 0) is 18.6 Å². The minimum atomic E-state index is -0.675. The number of rotatable bonds is 5. The number of nitrogens with one attached hydrogen (secondary N) is 2. The molecule has 0 aromatic heterocycles. The molecule has 22 heavy (non-hydrogen) atoms. The van der Waals surface area contributed by atoms with Crippen molar-refractivity contribution in [3.05, 3.63) is 28.0 Å². The molecule has 1 aromatic rings. The maximum atomic E-state index is 13.9. The topological polar surface area (TPSA) is 76.7 Å². The Bertz CT molecular complexity index is 582. The highest BCUT2D eigenvalue weighted by Crippen LogP contribution is 2.27. The van der Waals surface area contributed by atoms with Gasteiger partial charge in [-0.2, -0.15) is 0 Å². The first-order valence-corrected chi connectivity index (χ1v) is 7.50. The number of carbonyl (C=O) groups excluding carboxylic acids is 2. The van der Waals surface area contributed by atoms with Gasteiger partial charge in [0.1, 0.15) is 18.2 Å². The van der Waals surface area contributed by atoms with Crippen LogP contribution in [0.1, 0.15) is 18.4 Å². The zero-order valence-corrected chi connectivity index (χ0v) is 13.5. The number of hydrogen-bond acceptors (Lipinski definition) is 4. The summed E-state index contributed by atoms with van der Waals surface area (Å²) >= 11 is 3.16. The molecule has 1 fully saturated rings. The van der Waals surface area contributed by atoms with Gasteiger partial charge in [0.15, 0.2) is 0 Å². The molecule has 1 saturated heterocycles. The number of ether oxygens (including phenoxy) is 2. The van der Waals surface area contributed by atoms with Gasteiger partial charge in [-0.1, -0.05) is 15.9 Å². The molecule has 2 rings (SSSR count). The van der Waals surface area contributed by atoms with Gasteiger partial charge >= 0.3 is 6.09 Å². The molecule has 0 unspecified atom stereocenters. The molecule has 6 nitrogen and oxygen atoms in total. The van der Waals surface area contributed by atoms with Gasteiger partial charge in [0.05, 0.1) is 12.7 Å². The summed E-state index contributed by atoms with van der Waals surface area (Å²) in [4.78, 5) is 22.6. The molecule has 8 heteroatoms. The molecule has 1 aliphatic rings. The van der Waals surface area contributed by atoms with E-state index in [9.17, 15) is 14.0 Å². The highest BCUT2D eigenvalue weighted by molar-refractivity contribution is 9.10. The van der Waals surface area contributed by atoms with E-state index in [1.807, 2.05) is 0 Å². The predicted molar refractivity (Wildman–Crippen MR) is 80.0 cm³/mol. The van der Waals surface area contributed by atoms with E-state index in [-0.39, 0.29) is 30.7 Å². The maximum Gasteiger partial charge on any atom is 0.407 e. The smallest absolute Gasteiger partial charge is 0.407 e. The molecular weight excluding hydrogens is 359 g/mol. The molecule has 0 aliphatic carbocycles. The molecule has 2 N–H and O–H groups in total. The Balaban J connectivity index is 1.84. The van der Waals surface area contributed by atoms with Crippen molar-refractivity contribution in [3.63, 3.8) is 0 Å². The van der Waals surface area contributed by atoms with Crippen LogP contribution in [0, 0.1) is 5.82 Å². The van der Waals surface area contributed by atoms with Crippen LogP contribution in [0.2, 0.25) is 0 Å². The Morgan fingerprint density at radius 3 is 2.95 bits per heavy atom. The van der Waals surface area contributed by atoms with Crippen LogP contribution in [-0.4, -0.2) is 31.7 Å². The van der Waals surface area contributed by atoms with Crippen LogP contribution >= 0.6 is 15.9 Å². The van der Waals surface area contributed by atoms with Gasteiger partial charge in [0.2, 0.25) is 5.91 Å². The first-order chi connectivity index (χ1) is 10.5. The van der Waals surface area contributed by atoms with Crippen molar-refractivity contribution in [3.8, 4) is 5.75 Å². The van der Waals surface area contributed by atoms with Gasteiger partial charge in [-0.15, -0.1) is 0 Å². The maximum absolute atomic E-state index is 13.9. The van der Waals surface area contributed by atoms with Gasteiger partial charge in [-0.3, -0.25) is 4.79 Å². The summed E-state index contributed by atoms with van der Waals surface area (Å²) in [7, 11) is 1.41. The van der Waals surface area contributed by atoms with Gasteiger partial charge in [0.25, 0.3) is 0 Å². The lowest BCUT2D eigenvalue weighted by Crippen LogP contribution is -2.38. The quantitative estimate of drug-likeness (QED) is 0.827. The number of methoxy groups -OCH3 is 1. The number of amides is 2. The van der Waals surface area contributed by atoms with Crippen molar-refractivity contribution in [1.82, 2.24) is 10.6 Å². The third kappa shape index (κ3) is 4.33. The summed E-state index contributed by atoms with van der Waals surface area (Å²) < 4.78 is 24.4. The number of carbonyl (C=O) groups is 2. The van der Waals surface area contributed by atoms with E-state index in [1.54, 1.807) is 6.07 Å². The number of alkyl carbamates (subject to hydrolysis) is 1. The SMILES string of the molecule is COc1cc(Br)cc(F)c1COC(=O)NC[C@@H]1CCC(=O)N1. The standard InChI is InChI=1S/C14H16BrFN2O4/c1-21-12-5-8(15)4-11(16)10(12)7-22-14(20)17-6-9-2-3-13(19)18-9/h4-5,9H,2-3,6-7H2,1H3,(H,17,20)(H,18,19)/t9-/m0/s1. The fraction of sp³-hybridized carbons (Fsp3) is 0.429. The van der Waals surface area contributed by atoms with Crippen LogP contribution in [0.25, 0.3) is 0 Å². The van der Waals surface area contributed by atoms with E-state index in [0.29, 0.717) is 23.1 Å². The minimum absolute atomic E-state index is 0.0261. The zero-order valence-electron chi connectivity index (χ0n) is 11.9. The second-order valence-electron chi connectivity index (χ2n) is 4.83. The molecule has 1 aromatic carbocycles. The summed E-state index contributed by atoms with van der Waals surface area (Å²) in [5.41, 5.74) is 0.162. The molecule has 0 spiro atoms. The van der Waals surface area contributed by atoms with Crippen LogP contribution in [0.3, 0.4) is 0 Å². The third-order valence-electron chi connectivity index (χ3n) is 3.26. The van der Waals surface area contributed by atoms with E-state index in [4.69, 9.17) is 9.47 Å². The summed E-state index contributed by atoms with van der Waals surface area (Å²) in [6, 6.07) is 2.78. The zero-order chi connectivity index (χ0) is 16.1. The number of halogens is 2.